The van der Waals surface area contributed by atoms with Crippen molar-refractivity contribution >= 4 is 28.2 Å². The molecule has 162 valence electrons. The summed E-state index contributed by atoms with van der Waals surface area (Å²) in [5.41, 5.74) is 3.91. The molecule has 0 fully saturated rings. The van der Waals surface area contributed by atoms with Crippen molar-refractivity contribution in [3.05, 3.63) is 45.3 Å². The molecule has 30 heavy (non-hydrogen) atoms. The highest BCUT2D eigenvalue weighted by Crippen LogP contribution is 2.40. The molecule has 5 nitrogen and oxygen atoms in total. The van der Waals surface area contributed by atoms with Crippen molar-refractivity contribution in [2.75, 3.05) is 18.5 Å². The van der Waals surface area contributed by atoms with Crippen molar-refractivity contribution < 1.29 is 19.1 Å². The van der Waals surface area contributed by atoms with Crippen molar-refractivity contribution in [1.82, 2.24) is 0 Å². The second kappa shape index (κ2) is 10.1. The van der Waals surface area contributed by atoms with E-state index in [0.717, 1.165) is 36.1 Å². The van der Waals surface area contributed by atoms with Gasteiger partial charge in [-0.15, -0.1) is 11.3 Å². The molecule has 1 aromatic carbocycles. The summed E-state index contributed by atoms with van der Waals surface area (Å²) in [7, 11) is 0. The van der Waals surface area contributed by atoms with E-state index in [1.807, 2.05) is 19.1 Å². The van der Waals surface area contributed by atoms with Crippen molar-refractivity contribution in [3.8, 4) is 5.75 Å². The van der Waals surface area contributed by atoms with E-state index in [1.165, 1.54) is 21.8 Å². The normalized spacial score (nSPS) is 15.4. The Morgan fingerprint density at radius 1 is 1.27 bits per heavy atom. The lowest BCUT2D eigenvalue weighted by molar-refractivity contribution is -0.116. The van der Waals surface area contributed by atoms with Crippen LogP contribution < -0.4 is 10.1 Å². The number of hydrogen-bond acceptors (Lipinski definition) is 5. The molecule has 1 atom stereocenters. The van der Waals surface area contributed by atoms with Gasteiger partial charge in [0, 0.05) is 11.3 Å². The van der Waals surface area contributed by atoms with Gasteiger partial charge in [0.25, 0.3) is 0 Å². The molecule has 1 unspecified atom stereocenters. The topological polar surface area (TPSA) is 64.6 Å². The maximum absolute atomic E-state index is 12.5. The Morgan fingerprint density at radius 3 is 2.80 bits per heavy atom. The molecular formula is C24H31NO4S. The molecule has 1 aliphatic rings. The molecule has 1 aromatic heterocycles. The minimum atomic E-state index is -0.335. The highest BCUT2D eigenvalue weighted by atomic mass is 32.1. The van der Waals surface area contributed by atoms with Crippen LogP contribution >= 0.6 is 11.3 Å². The Labute approximate surface area is 182 Å². The zero-order chi connectivity index (χ0) is 21.7. The summed E-state index contributed by atoms with van der Waals surface area (Å²) >= 11 is 1.52. The molecule has 2 aromatic rings. The number of carbonyl (C=O) groups is 2. The third kappa shape index (κ3) is 5.42. The van der Waals surface area contributed by atoms with E-state index in [-0.39, 0.29) is 11.9 Å². The van der Waals surface area contributed by atoms with E-state index >= 15 is 0 Å². The molecule has 1 N–H and O–H groups in total. The average molecular weight is 430 g/mol. The van der Waals surface area contributed by atoms with E-state index < -0.39 is 0 Å². The minimum Gasteiger partial charge on any atom is -0.493 e. The molecule has 1 amide bonds. The van der Waals surface area contributed by atoms with E-state index in [2.05, 4.69) is 25.2 Å². The van der Waals surface area contributed by atoms with Crippen LogP contribution in [0.4, 0.5) is 5.00 Å². The molecule has 0 radical (unpaired) electrons. The Bertz CT molecular complexity index is 918. The number of nitrogens with one attached hydrogen (secondary N) is 1. The molecule has 0 saturated heterocycles. The Kier molecular flexibility index (Phi) is 7.53. The highest BCUT2D eigenvalue weighted by Gasteiger charge is 2.29. The van der Waals surface area contributed by atoms with Gasteiger partial charge < -0.3 is 14.8 Å². The van der Waals surface area contributed by atoms with Crippen LogP contribution in [0.5, 0.6) is 5.75 Å². The van der Waals surface area contributed by atoms with E-state index in [1.54, 1.807) is 6.92 Å². The van der Waals surface area contributed by atoms with Gasteiger partial charge in [-0.05, 0) is 69.6 Å². The Hall–Kier alpha value is -2.34. The number of carbonyl (C=O) groups excluding carboxylic acids is 2. The maximum Gasteiger partial charge on any atom is 0.341 e. The van der Waals surface area contributed by atoms with Crippen molar-refractivity contribution in [2.45, 2.75) is 59.8 Å². The first kappa shape index (κ1) is 22.3. The average Bonchev–Trinajstić information content (AvgIpc) is 3.03. The van der Waals surface area contributed by atoms with Gasteiger partial charge in [-0.25, -0.2) is 4.79 Å². The lowest BCUT2D eigenvalue weighted by atomic mass is 9.88. The molecule has 0 bridgehead atoms. The number of aryl methyl sites for hydroxylation is 2. The van der Waals surface area contributed by atoms with Gasteiger partial charge in [-0.1, -0.05) is 24.6 Å². The molecular weight excluding hydrogens is 398 g/mol. The molecule has 6 heteroatoms. The minimum absolute atomic E-state index is 0.101. The summed E-state index contributed by atoms with van der Waals surface area (Å²) in [6, 6.07) is 6.07. The monoisotopic (exact) mass is 429 g/mol. The van der Waals surface area contributed by atoms with Crippen LogP contribution in [0, 0.1) is 19.8 Å². The predicted octanol–water partition coefficient (Wildman–Crippen LogP) is 5.46. The number of thiophene rings is 1. The number of esters is 1. The van der Waals surface area contributed by atoms with Crippen LogP contribution in [-0.4, -0.2) is 25.1 Å². The first-order valence-corrected chi connectivity index (χ1v) is 11.5. The predicted molar refractivity (Wildman–Crippen MR) is 121 cm³/mol. The van der Waals surface area contributed by atoms with Gasteiger partial charge in [0.1, 0.15) is 10.8 Å². The van der Waals surface area contributed by atoms with E-state index in [9.17, 15) is 9.59 Å². The second-order valence-electron chi connectivity index (χ2n) is 8.05. The van der Waals surface area contributed by atoms with Crippen LogP contribution in [0.15, 0.2) is 18.2 Å². The SMILES string of the molecule is CCOC(=O)c1c(NC(=O)CCCOc2ccc(C)cc2C)sc2c1CCC(C)C2. The molecule has 0 saturated carbocycles. The number of benzene rings is 1. The number of ether oxygens (including phenoxy) is 2. The maximum atomic E-state index is 12.5. The van der Waals surface area contributed by atoms with Crippen molar-refractivity contribution in [3.63, 3.8) is 0 Å². The molecule has 0 spiro atoms. The molecule has 1 heterocycles. The molecule has 0 aliphatic heterocycles. The largest absolute Gasteiger partial charge is 0.493 e. The van der Waals surface area contributed by atoms with Crippen LogP contribution in [0.2, 0.25) is 0 Å². The van der Waals surface area contributed by atoms with Gasteiger partial charge in [0.2, 0.25) is 5.91 Å². The fourth-order valence-corrected chi connectivity index (χ4v) is 5.24. The number of hydrogen-bond donors (Lipinski definition) is 1. The lowest BCUT2D eigenvalue weighted by Crippen LogP contribution is -2.17. The quantitative estimate of drug-likeness (QED) is 0.447. The van der Waals surface area contributed by atoms with Crippen molar-refractivity contribution in [1.29, 1.82) is 0 Å². The summed E-state index contributed by atoms with van der Waals surface area (Å²) in [6.45, 7) is 8.89. The van der Waals surface area contributed by atoms with Gasteiger partial charge in [-0.2, -0.15) is 0 Å². The summed E-state index contributed by atoms with van der Waals surface area (Å²) < 4.78 is 11.1. The fraction of sp³-hybridized carbons (Fsp3) is 0.500. The Morgan fingerprint density at radius 2 is 2.07 bits per heavy atom. The van der Waals surface area contributed by atoms with E-state index in [4.69, 9.17) is 9.47 Å². The van der Waals surface area contributed by atoms with Gasteiger partial charge in [0.15, 0.2) is 0 Å². The number of anilines is 1. The smallest absolute Gasteiger partial charge is 0.341 e. The van der Waals surface area contributed by atoms with Gasteiger partial charge >= 0.3 is 5.97 Å². The van der Waals surface area contributed by atoms with E-state index in [0.29, 0.717) is 42.5 Å². The first-order chi connectivity index (χ1) is 14.4. The van der Waals surface area contributed by atoms with Crippen LogP contribution in [-0.2, 0) is 22.4 Å². The number of fused-ring (bicyclic) bond motifs is 1. The number of amides is 1. The summed E-state index contributed by atoms with van der Waals surface area (Å²) in [5.74, 6) is 1.01. The highest BCUT2D eigenvalue weighted by molar-refractivity contribution is 7.17. The first-order valence-electron chi connectivity index (χ1n) is 10.7. The lowest BCUT2D eigenvalue weighted by Gasteiger charge is -2.18. The molecule has 3 rings (SSSR count). The number of rotatable bonds is 8. The van der Waals surface area contributed by atoms with Crippen LogP contribution in [0.3, 0.4) is 0 Å². The molecule has 1 aliphatic carbocycles. The van der Waals surface area contributed by atoms with Gasteiger partial charge in [-0.3, -0.25) is 4.79 Å². The van der Waals surface area contributed by atoms with Crippen LogP contribution in [0.1, 0.15) is 65.0 Å². The summed E-state index contributed by atoms with van der Waals surface area (Å²) in [4.78, 5) is 26.3. The van der Waals surface area contributed by atoms with Crippen LogP contribution in [0.25, 0.3) is 0 Å². The van der Waals surface area contributed by atoms with Gasteiger partial charge in [0.05, 0.1) is 18.8 Å². The third-order valence-corrected chi connectivity index (χ3v) is 6.55. The second-order valence-corrected chi connectivity index (χ2v) is 9.15. The summed E-state index contributed by atoms with van der Waals surface area (Å²) in [5, 5.41) is 3.59. The third-order valence-electron chi connectivity index (χ3n) is 5.38. The summed E-state index contributed by atoms with van der Waals surface area (Å²) in [6.07, 6.45) is 3.81. The fourth-order valence-electron chi connectivity index (χ4n) is 3.82. The van der Waals surface area contributed by atoms with Crippen molar-refractivity contribution in [2.24, 2.45) is 5.92 Å². The zero-order valence-electron chi connectivity index (χ0n) is 18.3. The zero-order valence-corrected chi connectivity index (χ0v) is 19.1. The standard InChI is InChI=1S/C24H31NO4S/c1-5-28-24(27)22-18-10-8-16(3)14-20(18)30-23(22)25-21(26)7-6-12-29-19-11-9-15(2)13-17(19)4/h9,11,13,16H,5-8,10,12,14H2,1-4H3,(H,25,26). The Balaban J connectivity index is 1.59.